The van der Waals surface area contributed by atoms with Crippen molar-refractivity contribution in [2.45, 2.75) is 64.7 Å². The summed E-state index contributed by atoms with van der Waals surface area (Å²) in [7, 11) is 0. The first-order chi connectivity index (χ1) is 8.75. The van der Waals surface area contributed by atoms with Crippen molar-refractivity contribution < 1.29 is 0 Å². The van der Waals surface area contributed by atoms with Crippen LogP contribution in [0.2, 0.25) is 10.0 Å². The van der Waals surface area contributed by atoms with Gasteiger partial charge in [-0.2, -0.15) is 0 Å². The van der Waals surface area contributed by atoms with Crippen LogP contribution in [0.4, 0.5) is 0 Å². The molecular weight excluding hydrogens is 263 g/mol. The number of unbranched alkanes of at least 4 members (excludes halogenated alkanes) is 7. The Balaban J connectivity index is 2.09. The molecular formula is C16H23Cl2. The molecule has 1 radical (unpaired) electrons. The van der Waals surface area contributed by atoms with Crippen molar-refractivity contribution in [3.63, 3.8) is 0 Å². The number of hydrogen-bond acceptors (Lipinski definition) is 0. The molecule has 0 saturated heterocycles. The molecule has 18 heavy (non-hydrogen) atoms. The molecule has 0 aliphatic carbocycles. The molecule has 1 aromatic rings. The molecule has 0 atom stereocenters. The lowest BCUT2D eigenvalue weighted by atomic mass is 10.0. The van der Waals surface area contributed by atoms with Gasteiger partial charge in [-0.05, 0) is 36.6 Å². The predicted octanol–water partition coefficient (Wildman–Crippen LogP) is 6.48. The molecule has 0 aromatic heterocycles. The van der Waals surface area contributed by atoms with E-state index in [4.69, 9.17) is 23.2 Å². The normalized spacial score (nSPS) is 10.8. The Morgan fingerprint density at radius 3 is 2.17 bits per heavy atom. The molecule has 1 rings (SSSR count). The first-order valence-electron chi connectivity index (χ1n) is 7.09. The van der Waals surface area contributed by atoms with Crippen LogP contribution in [0.1, 0.15) is 63.9 Å². The first-order valence-corrected chi connectivity index (χ1v) is 7.85. The standard InChI is InChI=1S/C16H23Cl2/c1-2-3-4-5-6-7-8-9-11-14-12-10-13-15(17)16(14)18/h12-13H,2-9,11H2,1H3. The lowest BCUT2D eigenvalue weighted by molar-refractivity contribution is 0.575. The summed E-state index contributed by atoms with van der Waals surface area (Å²) in [6.07, 6.45) is 11.7. The molecule has 0 saturated carbocycles. The van der Waals surface area contributed by atoms with E-state index in [1.807, 2.05) is 6.07 Å². The number of aryl methyl sites for hydroxylation is 1. The van der Waals surface area contributed by atoms with Crippen LogP contribution in [0.15, 0.2) is 12.1 Å². The largest absolute Gasteiger partial charge is 0.0827 e. The second-order valence-electron chi connectivity index (χ2n) is 4.87. The van der Waals surface area contributed by atoms with Crippen molar-refractivity contribution in [2.24, 2.45) is 0 Å². The van der Waals surface area contributed by atoms with Crippen LogP contribution < -0.4 is 0 Å². The summed E-state index contributed by atoms with van der Waals surface area (Å²) < 4.78 is 0. The van der Waals surface area contributed by atoms with Crippen LogP contribution in [0, 0.1) is 6.07 Å². The van der Waals surface area contributed by atoms with Crippen LogP contribution in [0.5, 0.6) is 0 Å². The molecule has 0 heterocycles. The highest BCUT2D eigenvalue weighted by Gasteiger charge is 2.03. The maximum absolute atomic E-state index is 6.14. The Labute approximate surface area is 122 Å². The van der Waals surface area contributed by atoms with Gasteiger partial charge in [-0.15, -0.1) is 0 Å². The smallest absolute Gasteiger partial charge is 0.0624 e. The van der Waals surface area contributed by atoms with E-state index in [9.17, 15) is 0 Å². The van der Waals surface area contributed by atoms with Crippen LogP contribution >= 0.6 is 23.2 Å². The minimum absolute atomic E-state index is 0.619. The Morgan fingerprint density at radius 2 is 1.50 bits per heavy atom. The summed E-state index contributed by atoms with van der Waals surface area (Å²) >= 11 is 12.1. The molecule has 0 amide bonds. The maximum atomic E-state index is 6.14. The maximum Gasteiger partial charge on any atom is 0.0624 e. The van der Waals surface area contributed by atoms with Crippen LogP contribution in [0.25, 0.3) is 0 Å². The van der Waals surface area contributed by atoms with Gasteiger partial charge in [-0.25, -0.2) is 0 Å². The zero-order valence-electron chi connectivity index (χ0n) is 11.3. The first kappa shape index (κ1) is 15.9. The summed E-state index contributed by atoms with van der Waals surface area (Å²) in [5.41, 5.74) is 1.13. The second-order valence-corrected chi connectivity index (χ2v) is 5.65. The van der Waals surface area contributed by atoms with E-state index >= 15 is 0 Å². The highest BCUT2D eigenvalue weighted by molar-refractivity contribution is 6.42. The SMILES string of the molecule is CCCCCCCCCCc1c[c]cc(Cl)c1Cl. The fraction of sp³-hybridized carbons (Fsp3) is 0.625. The van der Waals surface area contributed by atoms with Gasteiger partial charge in [0.2, 0.25) is 0 Å². The summed E-state index contributed by atoms with van der Waals surface area (Å²) in [6.45, 7) is 2.26. The van der Waals surface area contributed by atoms with Gasteiger partial charge in [0.05, 0.1) is 10.0 Å². The Bertz CT molecular complexity index is 334. The minimum atomic E-state index is 0.619. The van der Waals surface area contributed by atoms with Crippen molar-refractivity contribution in [1.82, 2.24) is 0 Å². The average Bonchev–Trinajstić information content (AvgIpc) is 2.37. The summed E-state index contributed by atoms with van der Waals surface area (Å²) in [4.78, 5) is 0. The second kappa shape index (κ2) is 9.69. The molecule has 0 nitrogen and oxygen atoms in total. The molecule has 2 heteroatoms. The third kappa shape index (κ3) is 6.11. The van der Waals surface area contributed by atoms with Crippen LogP contribution in [0.3, 0.4) is 0 Å². The zero-order chi connectivity index (χ0) is 13.2. The fourth-order valence-corrected chi connectivity index (χ4v) is 2.51. The number of benzene rings is 1. The van der Waals surface area contributed by atoms with Crippen molar-refractivity contribution in [3.8, 4) is 0 Å². The van der Waals surface area contributed by atoms with Crippen molar-refractivity contribution in [1.29, 1.82) is 0 Å². The average molecular weight is 286 g/mol. The molecule has 0 N–H and O–H groups in total. The molecule has 101 valence electrons. The Hall–Kier alpha value is -0.200. The zero-order valence-corrected chi connectivity index (χ0v) is 12.8. The summed E-state index contributed by atoms with van der Waals surface area (Å²) in [5, 5.41) is 1.33. The van der Waals surface area contributed by atoms with Crippen molar-refractivity contribution in [3.05, 3.63) is 33.8 Å². The molecule has 0 aliphatic heterocycles. The molecule has 0 spiro atoms. The third-order valence-electron chi connectivity index (χ3n) is 3.26. The van der Waals surface area contributed by atoms with E-state index in [1.165, 1.54) is 51.4 Å². The Kier molecular flexibility index (Phi) is 8.54. The van der Waals surface area contributed by atoms with Gasteiger partial charge in [0, 0.05) is 0 Å². The highest BCUT2D eigenvalue weighted by Crippen LogP contribution is 2.26. The lowest BCUT2D eigenvalue weighted by Crippen LogP contribution is -1.88. The quantitative estimate of drug-likeness (QED) is 0.456. The van der Waals surface area contributed by atoms with E-state index < -0.39 is 0 Å². The van der Waals surface area contributed by atoms with Crippen LogP contribution in [-0.2, 0) is 6.42 Å². The van der Waals surface area contributed by atoms with Gasteiger partial charge in [0.1, 0.15) is 0 Å². The molecule has 0 bridgehead atoms. The monoisotopic (exact) mass is 285 g/mol. The van der Waals surface area contributed by atoms with Crippen molar-refractivity contribution in [2.75, 3.05) is 0 Å². The van der Waals surface area contributed by atoms with Gasteiger partial charge >= 0.3 is 0 Å². The van der Waals surface area contributed by atoms with Gasteiger partial charge < -0.3 is 0 Å². The van der Waals surface area contributed by atoms with E-state index in [1.54, 1.807) is 6.07 Å². The van der Waals surface area contributed by atoms with Gasteiger partial charge in [0.15, 0.2) is 0 Å². The number of hydrogen-bond donors (Lipinski definition) is 0. The topological polar surface area (TPSA) is 0 Å². The van der Waals surface area contributed by atoms with Crippen LogP contribution in [-0.4, -0.2) is 0 Å². The lowest BCUT2D eigenvalue weighted by Gasteiger charge is -2.05. The molecule has 0 aliphatic rings. The number of halogens is 2. The van der Waals surface area contributed by atoms with Crippen molar-refractivity contribution >= 4 is 23.2 Å². The van der Waals surface area contributed by atoms with Gasteiger partial charge in [-0.1, -0.05) is 75.1 Å². The minimum Gasteiger partial charge on any atom is -0.0827 e. The molecule has 0 fully saturated rings. The third-order valence-corrected chi connectivity index (χ3v) is 4.10. The van der Waals surface area contributed by atoms with E-state index in [0.29, 0.717) is 10.0 Å². The number of rotatable bonds is 9. The predicted molar refractivity (Wildman–Crippen MR) is 81.6 cm³/mol. The summed E-state index contributed by atoms with van der Waals surface area (Å²) in [5.74, 6) is 0. The van der Waals surface area contributed by atoms with E-state index in [0.717, 1.165) is 12.0 Å². The molecule has 1 aromatic carbocycles. The molecule has 0 unspecified atom stereocenters. The van der Waals surface area contributed by atoms with Gasteiger partial charge in [-0.3, -0.25) is 0 Å². The van der Waals surface area contributed by atoms with E-state index in [-0.39, 0.29) is 0 Å². The van der Waals surface area contributed by atoms with Gasteiger partial charge in [0.25, 0.3) is 0 Å². The van der Waals surface area contributed by atoms with E-state index in [2.05, 4.69) is 13.0 Å². The Morgan fingerprint density at radius 1 is 0.889 bits per heavy atom. The highest BCUT2D eigenvalue weighted by atomic mass is 35.5. The fourth-order valence-electron chi connectivity index (χ4n) is 2.13. The summed E-state index contributed by atoms with van der Waals surface area (Å²) in [6, 6.07) is 6.71.